The first-order valence-corrected chi connectivity index (χ1v) is 6.01. The number of hydrogen-bond acceptors (Lipinski definition) is 5. The number of nitrogens with zero attached hydrogens (tertiary/aromatic N) is 3. The molecule has 0 amide bonds. The van der Waals surface area contributed by atoms with Crippen molar-refractivity contribution in [3.63, 3.8) is 0 Å². The quantitative estimate of drug-likeness (QED) is 0.633. The van der Waals surface area contributed by atoms with E-state index in [-0.39, 0.29) is 5.69 Å². The van der Waals surface area contributed by atoms with E-state index >= 15 is 0 Å². The van der Waals surface area contributed by atoms with Gasteiger partial charge in [0.05, 0.1) is 24.3 Å². The summed E-state index contributed by atoms with van der Waals surface area (Å²) < 4.78 is 5.01. The van der Waals surface area contributed by atoms with Gasteiger partial charge >= 0.3 is 0 Å². The molecule has 2 heterocycles. The molecule has 0 saturated carbocycles. The molecule has 0 aliphatic carbocycles. The van der Waals surface area contributed by atoms with Crippen molar-refractivity contribution in [1.82, 2.24) is 4.98 Å². The van der Waals surface area contributed by atoms with Crippen LogP contribution in [-0.4, -0.2) is 22.7 Å². The molecule has 100 valence electrons. The van der Waals surface area contributed by atoms with Crippen LogP contribution in [-0.2, 0) is 6.54 Å². The van der Waals surface area contributed by atoms with Gasteiger partial charge in [0.25, 0.3) is 5.69 Å². The van der Waals surface area contributed by atoms with Crippen molar-refractivity contribution < 1.29 is 9.66 Å². The van der Waals surface area contributed by atoms with E-state index in [0.29, 0.717) is 12.4 Å². The van der Waals surface area contributed by atoms with Crippen LogP contribution in [0, 0.1) is 10.1 Å². The molecule has 0 unspecified atom stereocenters. The molecule has 0 atom stereocenters. The topological polar surface area (TPSA) is 77.6 Å². The molecule has 0 radical (unpaired) electrons. The maximum atomic E-state index is 10.9. The molecule has 1 aromatic heterocycles. The highest BCUT2D eigenvalue weighted by molar-refractivity contribution is 6.15. The second kappa shape index (κ2) is 4.73. The number of aromatic nitrogens is 1. The Kier molecular flexibility index (Phi) is 2.90. The number of nitro groups is 1. The van der Waals surface area contributed by atoms with Crippen LogP contribution >= 0.6 is 0 Å². The number of benzene rings is 1. The molecule has 2 aromatic rings. The molecule has 6 heteroatoms. The third-order valence-corrected chi connectivity index (χ3v) is 3.19. The zero-order valence-corrected chi connectivity index (χ0v) is 10.7. The Bertz CT molecular complexity index is 708. The van der Waals surface area contributed by atoms with E-state index in [2.05, 4.69) is 9.98 Å². The first-order chi connectivity index (χ1) is 9.69. The lowest BCUT2D eigenvalue weighted by Crippen LogP contribution is -2.03. The van der Waals surface area contributed by atoms with E-state index in [9.17, 15) is 10.1 Å². The summed E-state index contributed by atoms with van der Waals surface area (Å²) in [7, 11) is 1.55. The highest BCUT2D eigenvalue weighted by Crippen LogP contribution is 2.27. The number of nitro benzene ring substituents is 1. The number of methoxy groups -OCH3 is 1. The number of hydrogen-bond donors (Lipinski definition) is 0. The van der Waals surface area contributed by atoms with Gasteiger partial charge in [-0.15, -0.1) is 0 Å². The highest BCUT2D eigenvalue weighted by atomic mass is 16.6. The summed E-state index contributed by atoms with van der Waals surface area (Å²) in [5, 5.41) is 10.9. The average molecular weight is 269 g/mol. The molecular weight excluding hydrogens is 258 g/mol. The van der Waals surface area contributed by atoms with E-state index < -0.39 is 4.92 Å². The van der Waals surface area contributed by atoms with Crippen LogP contribution < -0.4 is 4.74 Å². The number of non-ortho nitro benzene ring substituents is 1. The minimum absolute atomic E-state index is 0.0693. The zero-order valence-electron chi connectivity index (χ0n) is 10.7. The lowest BCUT2D eigenvalue weighted by Gasteiger charge is -2.04. The fourth-order valence-corrected chi connectivity index (χ4v) is 2.17. The molecule has 6 nitrogen and oxygen atoms in total. The van der Waals surface area contributed by atoms with Crippen LogP contribution in [0.1, 0.15) is 16.7 Å². The van der Waals surface area contributed by atoms with Gasteiger partial charge in [0.15, 0.2) is 0 Å². The van der Waals surface area contributed by atoms with Gasteiger partial charge in [-0.25, -0.2) is 4.98 Å². The summed E-state index contributed by atoms with van der Waals surface area (Å²) in [5.41, 5.74) is 3.41. The monoisotopic (exact) mass is 269 g/mol. The number of rotatable bonds is 3. The van der Waals surface area contributed by atoms with Crippen LogP contribution in [0.3, 0.4) is 0 Å². The lowest BCUT2D eigenvalue weighted by molar-refractivity contribution is -0.384. The molecule has 1 aromatic carbocycles. The van der Waals surface area contributed by atoms with Crippen LogP contribution in [0.4, 0.5) is 5.69 Å². The van der Waals surface area contributed by atoms with Crippen LogP contribution in [0.5, 0.6) is 5.88 Å². The van der Waals surface area contributed by atoms with Gasteiger partial charge in [0, 0.05) is 35.5 Å². The van der Waals surface area contributed by atoms with Crippen molar-refractivity contribution in [2.45, 2.75) is 6.54 Å². The average Bonchev–Trinajstić information content (AvgIpc) is 2.90. The van der Waals surface area contributed by atoms with Gasteiger partial charge in [0.2, 0.25) is 5.88 Å². The number of pyridine rings is 1. The van der Waals surface area contributed by atoms with Crippen molar-refractivity contribution in [3.8, 4) is 5.88 Å². The zero-order chi connectivity index (χ0) is 14.1. The Morgan fingerprint density at radius 1 is 1.30 bits per heavy atom. The van der Waals surface area contributed by atoms with Crippen molar-refractivity contribution in [1.29, 1.82) is 0 Å². The molecule has 0 spiro atoms. The summed E-state index contributed by atoms with van der Waals surface area (Å²) in [6, 6.07) is 8.40. The Hall–Kier alpha value is -2.76. The fraction of sp³-hybridized carbons (Fsp3) is 0.143. The van der Waals surface area contributed by atoms with E-state index in [1.807, 2.05) is 6.07 Å². The number of fused-ring (bicyclic) bond motifs is 1. The van der Waals surface area contributed by atoms with E-state index in [0.717, 1.165) is 22.4 Å². The van der Waals surface area contributed by atoms with Crippen LogP contribution in [0.2, 0.25) is 0 Å². The summed E-state index contributed by atoms with van der Waals surface area (Å²) in [6.07, 6.45) is 1.66. The molecule has 1 aliphatic rings. The number of ether oxygens (including phenoxy) is 1. The first kappa shape index (κ1) is 12.3. The van der Waals surface area contributed by atoms with Crippen molar-refractivity contribution in [3.05, 3.63) is 63.3 Å². The summed E-state index contributed by atoms with van der Waals surface area (Å²) >= 11 is 0. The molecule has 3 rings (SSSR count). The second-order valence-electron chi connectivity index (χ2n) is 4.35. The van der Waals surface area contributed by atoms with E-state index in [1.165, 1.54) is 6.07 Å². The van der Waals surface area contributed by atoms with Gasteiger partial charge in [-0.3, -0.25) is 15.1 Å². The van der Waals surface area contributed by atoms with Gasteiger partial charge in [-0.05, 0) is 17.7 Å². The summed E-state index contributed by atoms with van der Waals surface area (Å²) in [6.45, 7) is 0.536. The molecule has 20 heavy (non-hydrogen) atoms. The van der Waals surface area contributed by atoms with Crippen LogP contribution in [0.15, 0.2) is 41.5 Å². The van der Waals surface area contributed by atoms with E-state index in [1.54, 1.807) is 31.5 Å². The predicted octanol–water partition coefficient (Wildman–Crippen LogP) is 2.35. The van der Waals surface area contributed by atoms with Crippen molar-refractivity contribution in [2.24, 2.45) is 4.99 Å². The third kappa shape index (κ3) is 2.01. The first-order valence-electron chi connectivity index (χ1n) is 6.01. The smallest absolute Gasteiger partial charge is 0.270 e. The van der Waals surface area contributed by atoms with Crippen molar-refractivity contribution >= 4 is 11.4 Å². The Balaban J connectivity index is 2.02. The largest absolute Gasteiger partial charge is 0.481 e. The Morgan fingerprint density at radius 3 is 2.80 bits per heavy atom. The molecule has 0 saturated heterocycles. The molecule has 0 fully saturated rings. The fourth-order valence-electron chi connectivity index (χ4n) is 2.17. The summed E-state index contributed by atoms with van der Waals surface area (Å²) in [4.78, 5) is 19.0. The van der Waals surface area contributed by atoms with E-state index in [4.69, 9.17) is 4.74 Å². The van der Waals surface area contributed by atoms with Crippen LogP contribution in [0.25, 0.3) is 0 Å². The highest BCUT2D eigenvalue weighted by Gasteiger charge is 2.20. The predicted molar refractivity (Wildman–Crippen MR) is 73.2 cm³/mol. The minimum atomic E-state index is -0.400. The van der Waals surface area contributed by atoms with Gasteiger partial charge in [-0.2, -0.15) is 0 Å². The summed E-state index contributed by atoms with van der Waals surface area (Å²) in [5.74, 6) is 0.520. The Morgan fingerprint density at radius 2 is 2.15 bits per heavy atom. The normalized spacial score (nSPS) is 12.8. The standard InChI is InChI=1S/C14H11N3O3/c1-20-13-5-3-10(8-15-13)14-12-6-11(17(18)19)4-2-9(12)7-16-14/h2-6,8H,7H2,1H3. The van der Waals surface area contributed by atoms with Gasteiger partial charge in [0.1, 0.15) is 0 Å². The Labute approximate surface area is 114 Å². The molecule has 0 N–H and O–H groups in total. The SMILES string of the molecule is COc1ccc(C2=NCc3ccc([N+](=O)[O-])cc32)cn1. The number of aliphatic imine (C=N–C) groups is 1. The molecule has 0 bridgehead atoms. The lowest BCUT2D eigenvalue weighted by atomic mass is 10.0. The maximum absolute atomic E-state index is 10.9. The minimum Gasteiger partial charge on any atom is -0.481 e. The van der Waals surface area contributed by atoms with Gasteiger partial charge in [-0.1, -0.05) is 0 Å². The second-order valence-corrected chi connectivity index (χ2v) is 4.35. The van der Waals surface area contributed by atoms with Crippen molar-refractivity contribution in [2.75, 3.05) is 7.11 Å². The maximum Gasteiger partial charge on any atom is 0.270 e. The molecule has 1 aliphatic heterocycles. The molecular formula is C14H11N3O3. The van der Waals surface area contributed by atoms with Gasteiger partial charge < -0.3 is 4.74 Å². The third-order valence-electron chi connectivity index (χ3n) is 3.19.